The number of hydrogen-bond acceptors (Lipinski definition) is 2. The number of aryl methyl sites for hydroxylation is 1. The molecule has 2 nitrogen and oxygen atoms in total. The Bertz CT molecular complexity index is 342. The van der Waals surface area contributed by atoms with Crippen molar-refractivity contribution in [1.82, 2.24) is 4.98 Å². The average Bonchev–Trinajstić information content (AvgIpc) is 2.22. The van der Waals surface area contributed by atoms with Crippen molar-refractivity contribution in [3.63, 3.8) is 0 Å². The summed E-state index contributed by atoms with van der Waals surface area (Å²) in [5, 5.41) is 0. The number of anilines is 1. The van der Waals surface area contributed by atoms with Crippen LogP contribution in [0.3, 0.4) is 0 Å². The Kier molecular flexibility index (Phi) is 1.62. The third-order valence-corrected chi connectivity index (χ3v) is 2.69. The van der Waals surface area contributed by atoms with Crippen LogP contribution in [0, 0.1) is 6.92 Å². The molecule has 0 saturated carbocycles. The SMILES string of the molecule is Cc1cnc2c(c1)N(C)CC2(C)C. The lowest BCUT2D eigenvalue weighted by molar-refractivity contribution is 0.548. The highest BCUT2D eigenvalue weighted by Crippen LogP contribution is 2.37. The Balaban J connectivity index is 2.59. The summed E-state index contributed by atoms with van der Waals surface area (Å²) < 4.78 is 0. The first-order valence-electron chi connectivity index (χ1n) is 4.69. The second-order valence-corrected chi connectivity index (χ2v) is 4.62. The van der Waals surface area contributed by atoms with Gasteiger partial charge in [-0.2, -0.15) is 0 Å². The second-order valence-electron chi connectivity index (χ2n) is 4.62. The summed E-state index contributed by atoms with van der Waals surface area (Å²) in [5.41, 5.74) is 3.98. The number of hydrogen-bond donors (Lipinski definition) is 0. The molecule has 1 aromatic rings. The van der Waals surface area contributed by atoms with Crippen molar-refractivity contribution in [1.29, 1.82) is 0 Å². The van der Waals surface area contributed by atoms with Gasteiger partial charge in [-0.3, -0.25) is 4.98 Å². The smallest absolute Gasteiger partial charge is 0.0710 e. The Labute approximate surface area is 79.6 Å². The molecule has 0 atom stereocenters. The van der Waals surface area contributed by atoms with Crippen molar-refractivity contribution >= 4 is 5.69 Å². The molecule has 1 aromatic heterocycles. The van der Waals surface area contributed by atoms with E-state index in [0.29, 0.717) is 0 Å². The largest absolute Gasteiger partial charge is 0.372 e. The maximum Gasteiger partial charge on any atom is 0.0710 e. The summed E-state index contributed by atoms with van der Waals surface area (Å²) in [6, 6.07) is 2.22. The van der Waals surface area contributed by atoms with E-state index in [1.54, 1.807) is 0 Å². The molecule has 0 unspecified atom stereocenters. The molecular weight excluding hydrogens is 160 g/mol. The number of rotatable bonds is 0. The van der Waals surface area contributed by atoms with Gasteiger partial charge in [0.1, 0.15) is 0 Å². The minimum Gasteiger partial charge on any atom is -0.372 e. The summed E-state index contributed by atoms with van der Waals surface area (Å²) in [4.78, 5) is 6.81. The standard InChI is InChI=1S/C11H16N2/c1-8-5-9-10(12-6-8)11(2,3)7-13(9)4/h5-6H,7H2,1-4H3. The topological polar surface area (TPSA) is 16.1 Å². The van der Waals surface area contributed by atoms with Gasteiger partial charge in [0.15, 0.2) is 0 Å². The number of pyridine rings is 1. The van der Waals surface area contributed by atoms with Gasteiger partial charge in [-0.1, -0.05) is 13.8 Å². The Hall–Kier alpha value is -1.05. The van der Waals surface area contributed by atoms with E-state index in [2.05, 4.69) is 43.8 Å². The average molecular weight is 176 g/mol. The fourth-order valence-corrected chi connectivity index (χ4v) is 2.12. The molecule has 0 aromatic carbocycles. The van der Waals surface area contributed by atoms with Gasteiger partial charge in [-0.05, 0) is 18.6 Å². The third-order valence-electron chi connectivity index (χ3n) is 2.69. The van der Waals surface area contributed by atoms with Crippen molar-refractivity contribution in [3.8, 4) is 0 Å². The zero-order chi connectivity index (χ0) is 9.64. The van der Waals surface area contributed by atoms with Crippen LogP contribution in [0.25, 0.3) is 0 Å². The van der Waals surface area contributed by atoms with E-state index in [-0.39, 0.29) is 5.41 Å². The van der Waals surface area contributed by atoms with Crippen LogP contribution in [-0.4, -0.2) is 18.6 Å². The van der Waals surface area contributed by atoms with Crippen molar-refractivity contribution in [3.05, 3.63) is 23.5 Å². The van der Waals surface area contributed by atoms with Crippen molar-refractivity contribution in [2.24, 2.45) is 0 Å². The molecule has 0 bridgehead atoms. The van der Waals surface area contributed by atoms with E-state index < -0.39 is 0 Å². The number of aromatic nitrogens is 1. The molecule has 13 heavy (non-hydrogen) atoms. The van der Waals surface area contributed by atoms with Crippen LogP contribution in [0.15, 0.2) is 12.3 Å². The molecule has 0 spiro atoms. The van der Waals surface area contributed by atoms with E-state index >= 15 is 0 Å². The maximum atomic E-state index is 4.52. The predicted molar refractivity (Wildman–Crippen MR) is 55.3 cm³/mol. The van der Waals surface area contributed by atoms with E-state index in [4.69, 9.17) is 0 Å². The van der Waals surface area contributed by atoms with Crippen LogP contribution >= 0.6 is 0 Å². The van der Waals surface area contributed by atoms with Gasteiger partial charge >= 0.3 is 0 Å². The third kappa shape index (κ3) is 1.21. The van der Waals surface area contributed by atoms with Crippen LogP contribution in [0.1, 0.15) is 25.1 Å². The molecule has 0 N–H and O–H groups in total. The molecule has 1 aliphatic heterocycles. The molecule has 2 heterocycles. The van der Waals surface area contributed by atoms with Crippen LogP contribution < -0.4 is 4.90 Å². The highest BCUT2D eigenvalue weighted by Gasteiger charge is 2.34. The second kappa shape index (κ2) is 2.47. The van der Waals surface area contributed by atoms with Gasteiger partial charge in [0.25, 0.3) is 0 Å². The summed E-state index contributed by atoms with van der Waals surface area (Å²) in [5.74, 6) is 0. The highest BCUT2D eigenvalue weighted by molar-refractivity contribution is 5.59. The summed E-state index contributed by atoms with van der Waals surface area (Å²) in [6.07, 6.45) is 1.96. The fraction of sp³-hybridized carbons (Fsp3) is 0.545. The lowest BCUT2D eigenvalue weighted by atomic mass is 9.91. The first-order chi connectivity index (χ1) is 6.00. The predicted octanol–water partition coefficient (Wildman–Crippen LogP) is 2.12. The summed E-state index contributed by atoms with van der Waals surface area (Å²) in [6.45, 7) is 7.65. The molecule has 0 saturated heterocycles. The van der Waals surface area contributed by atoms with E-state index in [9.17, 15) is 0 Å². The molecule has 0 aliphatic carbocycles. The van der Waals surface area contributed by atoms with Crippen LogP contribution in [0.2, 0.25) is 0 Å². The maximum absolute atomic E-state index is 4.52. The Morgan fingerprint density at radius 1 is 1.46 bits per heavy atom. The summed E-state index contributed by atoms with van der Waals surface area (Å²) >= 11 is 0. The Morgan fingerprint density at radius 3 is 2.85 bits per heavy atom. The molecule has 0 fully saturated rings. The van der Waals surface area contributed by atoms with E-state index in [0.717, 1.165) is 6.54 Å². The molecule has 1 aliphatic rings. The van der Waals surface area contributed by atoms with Crippen molar-refractivity contribution in [2.75, 3.05) is 18.5 Å². The normalized spacial score (nSPS) is 18.9. The van der Waals surface area contributed by atoms with Gasteiger partial charge in [0.05, 0.1) is 11.4 Å². The van der Waals surface area contributed by atoms with Crippen LogP contribution in [0.4, 0.5) is 5.69 Å². The van der Waals surface area contributed by atoms with E-state index in [1.165, 1.54) is 16.9 Å². The molecule has 0 radical (unpaired) electrons. The highest BCUT2D eigenvalue weighted by atomic mass is 15.2. The van der Waals surface area contributed by atoms with E-state index in [1.807, 2.05) is 6.20 Å². The van der Waals surface area contributed by atoms with Crippen LogP contribution in [-0.2, 0) is 5.41 Å². The van der Waals surface area contributed by atoms with Gasteiger partial charge in [0, 0.05) is 25.2 Å². The minimum absolute atomic E-state index is 0.206. The zero-order valence-corrected chi connectivity index (χ0v) is 8.76. The first-order valence-corrected chi connectivity index (χ1v) is 4.69. The first kappa shape index (κ1) is 8.54. The van der Waals surface area contributed by atoms with Crippen molar-refractivity contribution < 1.29 is 0 Å². The molecule has 2 heteroatoms. The molecule has 2 rings (SSSR count). The van der Waals surface area contributed by atoms with Crippen LogP contribution in [0.5, 0.6) is 0 Å². The van der Waals surface area contributed by atoms with Gasteiger partial charge in [-0.15, -0.1) is 0 Å². The molecule has 0 amide bonds. The lowest BCUT2D eigenvalue weighted by Crippen LogP contribution is -2.25. The molecular formula is C11H16N2. The number of fused-ring (bicyclic) bond motifs is 1. The number of nitrogens with zero attached hydrogens (tertiary/aromatic N) is 2. The molecule has 70 valence electrons. The summed E-state index contributed by atoms with van der Waals surface area (Å²) in [7, 11) is 2.13. The Morgan fingerprint density at radius 2 is 2.15 bits per heavy atom. The fourth-order valence-electron chi connectivity index (χ4n) is 2.12. The van der Waals surface area contributed by atoms with Gasteiger partial charge in [-0.25, -0.2) is 0 Å². The van der Waals surface area contributed by atoms with Gasteiger partial charge in [0.2, 0.25) is 0 Å². The quantitative estimate of drug-likeness (QED) is 0.602. The monoisotopic (exact) mass is 176 g/mol. The lowest BCUT2D eigenvalue weighted by Gasteiger charge is -2.17. The van der Waals surface area contributed by atoms with Gasteiger partial charge < -0.3 is 4.90 Å². The zero-order valence-electron chi connectivity index (χ0n) is 8.76. The minimum atomic E-state index is 0.206. The van der Waals surface area contributed by atoms with Crippen molar-refractivity contribution in [2.45, 2.75) is 26.2 Å². The number of likely N-dealkylation sites (N-methyl/N-ethyl adjacent to an activating group) is 1.